The molecule has 0 aromatic carbocycles. The minimum atomic E-state index is -0.664. The molecule has 2 rings (SSSR count). The predicted octanol–water partition coefficient (Wildman–Crippen LogP) is 1.53. The van der Waals surface area contributed by atoms with Crippen molar-refractivity contribution in [2.24, 2.45) is 0 Å². The van der Waals surface area contributed by atoms with Crippen LogP contribution in [0.2, 0.25) is 0 Å². The SMILES string of the molecule is Cl.O=C(O)CC1(N2CCOCC2)CCCC1. The molecule has 0 spiro atoms. The summed E-state index contributed by atoms with van der Waals surface area (Å²) in [5.41, 5.74) is -0.0599. The largest absolute Gasteiger partial charge is 0.481 e. The van der Waals surface area contributed by atoms with Gasteiger partial charge in [-0.25, -0.2) is 0 Å². The lowest BCUT2D eigenvalue weighted by Crippen LogP contribution is -2.52. The molecule has 0 bridgehead atoms. The smallest absolute Gasteiger partial charge is 0.305 e. The highest BCUT2D eigenvalue weighted by molar-refractivity contribution is 5.85. The summed E-state index contributed by atoms with van der Waals surface area (Å²) in [6.45, 7) is 3.29. The van der Waals surface area contributed by atoms with Crippen LogP contribution in [-0.2, 0) is 9.53 Å². The molecular formula is C11H20ClNO3. The Bertz CT molecular complexity index is 235. The lowest BCUT2D eigenvalue weighted by atomic mass is 9.90. The molecule has 0 radical (unpaired) electrons. The average Bonchev–Trinajstić information content (AvgIpc) is 2.68. The van der Waals surface area contributed by atoms with Gasteiger partial charge in [-0.05, 0) is 12.8 Å². The van der Waals surface area contributed by atoms with Crippen molar-refractivity contribution in [2.45, 2.75) is 37.6 Å². The standard InChI is InChI=1S/C11H19NO3.ClH/c13-10(14)9-11(3-1-2-4-11)12-5-7-15-8-6-12;/h1-9H2,(H,13,14);1H. The number of morpholine rings is 1. The summed E-state index contributed by atoms with van der Waals surface area (Å²) in [6, 6.07) is 0. The van der Waals surface area contributed by atoms with E-state index < -0.39 is 5.97 Å². The lowest BCUT2D eigenvalue weighted by molar-refractivity contribution is -0.141. The van der Waals surface area contributed by atoms with Gasteiger partial charge in [-0.3, -0.25) is 9.69 Å². The quantitative estimate of drug-likeness (QED) is 0.824. The molecule has 1 N–H and O–H groups in total. The zero-order valence-corrected chi connectivity index (χ0v) is 10.3. The molecule has 1 aliphatic carbocycles. The minimum absolute atomic E-state index is 0. The van der Waals surface area contributed by atoms with Crippen LogP contribution in [-0.4, -0.2) is 47.8 Å². The van der Waals surface area contributed by atoms with Crippen LogP contribution in [0.3, 0.4) is 0 Å². The highest BCUT2D eigenvalue weighted by Crippen LogP contribution is 2.38. The molecule has 94 valence electrons. The van der Waals surface area contributed by atoms with E-state index in [2.05, 4.69) is 4.90 Å². The maximum atomic E-state index is 10.9. The highest BCUT2D eigenvalue weighted by atomic mass is 35.5. The zero-order chi connectivity index (χ0) is 10.7. The topological polar surface area (TPSA) is 49.8 Å². The number of rotatable bonds is 3. The van der Waals surface area contributed by atoms with Crippen LogP contribution in [0.5, 0.6) is 0 Å². The number of aliphatic carboxylic acids is 1. The molecule has 2 aliphatic rings. The van der Waals surface area contributed by atoms with E-state index in [0.29, 0.717) is 6.42 Å². The Hall–Kier alpha value is -0.320. The number of nitrogens with zero attached hydrogens (tertiary/aromatic N) is 1. The summed E-state index contributed by atoms with van der Waals surface area (Å²) in [4.78, 5) is 13.3. The second-order valence-corrected chi connectivity index (χ2v) is 4.60. The van der Waals surface area contributed by atoms with Crippen molar-refractivity contribution >= 4 is 18.4 Å². The summed E-state index contributed by atoms with van der Waals surface area (Å²) in [7, 11) is 0. The van der Waals surface area contributed by atoms with Gasteiger partial charge in [0.1, 0.15) is 0 Å². The van der Waals surface area contributed by atoms with Crippen molar-refractivity contribution in [3.8, 4) is 0 Å². The van der Waals surface area contributed by atoms with Crippen LogP contribution in [0.15, 0.2) is 0 Å². The first-order valence-electron chi connectivity index (χ1n) is 5.78. The van der Waals surface area contributed by atoms with Gasteiger partial charge in [0.05, 0.1) is 19.6 Å². The number of carboxylic acids is 1. The normalized spacial score (nSPS) is 25.0. The van der Waals surface area contributed by atoms with Crippen LogP contribution in [0.1, 0.15) is 32.1 Å². The molecule has 0 aromatic heterocycles. The van der Waals surface area contributed by atoms with Crippen molar-refractivity contribution in [3.63, 3.8) is 0 Å². The molecule has 5 heteroatoms. The maximum absolute atomic E-state index is 10.9. The van der Waals surface area contributed by atoms with Gasteiger partial charge in [-0.1, -0.05) is 12.8 Å². The molecule has 4 nitrogen and oxygen atoms in total. The van der Waals surface area contributed by atoms with Crippen molar-refractivity contribution < 1.29 is 14.6 Å². The monoisotopic (exact) mass is 249 g/mol. The van der Waals surface area contributed by atoms with E-state index >= 15 is 0 Å². The molecule has 0 aromatic rings. The second-order valence-electron chi connectivity index (χ2n) is 4.60. The molecule has 1 aliphatic heterocycles. The van der Waals surface area contributed by atoms with Gasteiger partial charge in [0.25, 0.3) is 0 Å². The number of carbonyl (C=O) groups is 1. The van der Waals surface area contributed by atoms with Crippen molar-refractivity contribution in [2.75, 3.05) is 26.3 Å². The van der Waals surface area contributed by atoms with E-state index in [1.54, 1.807) is 0 Å². The lowest BCUT2D eigenvalue weighted by Gasteiger charge is -2.42. The third-order valence-electron chi connectivity index (χ3n) is 3.70. The van der Waals surface area contributed by atoms with Crippen LogP contribution < -0.4 is 0 Å². The first kappa shape index (κ1) is 13.7. The van der Waals surface area contributed by atoms with Crippen LogP contribution in [0, 0.1) is 0 Å². The zero-order valence-electron chi connectivity index (χ0n) is 9.48. The Balaban J connectivity index is 0.00000128. The fourth-order valence-corrected chi connectivity index (χ4v) is 2.96. The molecule has 1 saturated heterocycles. The first-order chi connectivity index (χ1) is 7.23. The first-order valence-corrected chi connectivity index (χ1v) is 5.78. The third-order valence-corrected chi connectivity index (χ3v) is 3.70. The fourth-order valence-electron chi connectivity index (χ4n) is 2.96. The van der Waals surface area contributed by atoms with Crippen LogP contribution in [0.25, 0.3) is 0 Å². The molecular weight excluding hydrogens is 230 g/mol. The Morgan fingerprint density at radius 1 is 1.25 bits per heavy atom. The molecule has 0 amide bonds. The van der Waals surface area contributed by atoms with Gasteiger partial charge in [0.15, 0.2) is 0 Å². The number of halogens is 1. The Morgan fingerprint density at radius 3 is 2.31 bits per heavy atom. The van der Waals surface area contributed by atoms with Crippen LogP contribution >= 0.6 is 12.4 Å². The molecule has 2 fully saturated rings. The molecule has 0 atom stereocenters. The van der Waals surface area contributed by atoms with Gasteiger partial charge >= 0.3 is 5.97 Å². The highest BCUT2D eigenvalue weighted by Gasteiger charge is 2.41. The molecule has 1 saturated carbocycles. The fraction of sp³-hybridized carbons (Fsp3) is 0.909. The van der Waals surface area contributed by atoms with Gasteiger partial charge in [-0.15, -0.1) is 12.4 Å². The van der Waals surface area contributed by atoms with E-state index in [1.807, 2.05) is 0 Å². The van der Waals surface area contributed by atoms with Crippen LogP contribution in [0.4, 0.5) is 0 Å². The van der Waals surface area contributed by atoms with Crippen molar-refractivity contribution in [1.29, 1.82) is 0 Å². The predicted molar refractivity (Wildman–Crippen MR) is 63.1 cm³/mol. The Labute approximate surface area is 102 Å². The van der Waals surface area contributed by atoms with E-state index in [0.717, 1.165) is 39.1 Å². The summed E-state index contributed by atoms with van der Waals surface area (Å²) < 4.78 is 5.32. The second kappa shape index (κ2) is 5.84. The molecule has 16 heavy (non-hydrogen) atoms. The van der Waals surface area contributed by atoms with Gasteiger partial charge in [0.2, 0.25) is 0 Å². The van der Waals surface area contributed by atoms with Gasteiger partial charge in [0, 0.05) is 18.6 Å². The van der Waals surface area contributed by atoms with E-state index in [-0.39, 0.29) is 17.9 Å². The maximum Gasteiger partial charge on any atom is 0.305 e. The van der Waals surface area contributed by atoms with E-state index in [9.17, 15) is 4.79 Å². The van der Waals surface area contributed by atoms with Crippen molar-refractivity contribution in [3.05, 3.63) is 0 Å². The van der Waals surface area contributed by atoms with Gasteiger partial charge < -0.3 is 9.84 Å². The Morgan fingerprint density at radius 2 is 1.81 bits per heavy atom. The Kier molecular flexibility index (Phi) is 5.02. The van der Waals surface area contributed by atoms with Crippen molar-refractivity contribution in [1.82, 2.24) is 4.90 Å². The van der Waals surface area contributed by atoms with E-state index in [1.165, 1.54) is 12.8 Å². The van der Waals surface area contributed by atoms with Gasteiger partial charge in [-0.2, -0.15) is 0 Å². The third kappa shape index (κ3) is 2.87. The number of hydrogen-bond acceptors (Lipinski definition) is 3. The number of ether oxygens (including phenoxy) is 1. The molecule has 0 unspecified atom stereocenters. The molecule has 1 heterocycles. The number of hydrogen-bond donors (Lipinski definition) is 1. The minimum Gasteiger partial charge on any atom is -0.481 e. The summed E-state index contributed by atoms with van der Waals surface area (Å²) >= 11 is 0. The summed E-state index contributed by atoms with van der Waals surface area (Å²) in [5.74, 6) is -0.664. The summed E-state index contributed by atoms with van der Waals surface area (Å²) in [5, 5.41) is 9.01. The average molecular weight is 250 g/mol. The summed E-state index contributed by atoms with van der Waals surface area (Å²) in [6.07, 6.45) is 4.72. The number of carboxylic acid groups (broad SMARTS) is 1. The van der Waals surface area contributed by atoms with E-state index in [4.69, 9.17) is 9.84 Å².